The molecular formula is C15H20O6S. The monoisotopic (exact) mass is 328 g/mol. The van der Waals surface area contributed by atoms with Crippen LogP contribution in [0.4, 0.5) is 0 Å². The standard InChI is InChI=1S/C15H20O6S/c1-11-8-13(20-15(11)16)14(21-22(2,17)18)10-19-9-12-6-4-3-5-7-12/h3-7,11,13-14H,8-10H2,1-2H3/t11-,13+,14-/m1/s1. The first-order chi connectivity index (χ1) is 10.3. The normalized spacial score (nSPS) is 23.3. The number of benzene rings is 1. The molecular weight excluding hydrogens is 308 g/mol. The van der Waals surface area contributed by atoms with E-state index in [4.69, 9.17) is 13.7 Å². The Kier molecular flexibility index (Phi) is 5.55. The van der Waals surface area contributed by atoms with Gasteiger partial charge in [-0.25, -0.2) is 0 Å². The lowest BCUT2D eigenvalue weighted by Gasteiger charge is -2.21. The maximum Gasteiger partial charge on any atom is 0.309 e. The molecule has 1 heterocycles. The van der Waals surface area contributed by atoms with Crippen molar-refractivity contribution in [2.75, 3.05) is 12.9 Å². The van der Waals surface area contributed by atoms with Crippen molar-refractivity contribution in [2.45, 2.75) is 32.2 Å². The van der Waals surface area contributed by atoms with E-state index >= 15 is 0 Å². The summed E-state index contributed by atoms with van der Waals surface area (Å²) in [7, 11) is -3.66. The molecule has 0 unspecified atom stereocenters. The van der Waals surface area contributed by atoms with Gasteiger partial charge in [0.1, 0.15) is 12.2 Å². The third-order valence-corrected chi connectivity index (χ3v) is 3.96. The summed E-state index contributed by atoms with van der Waals surface area (Å²) in [5.41, 5.74) is 0.970. The highest BCUT2D eigenvalue weighted by Gasteiger charge is 2.38. The van der Waals surface area contributed by atoms with Crippen molar-refractivity contribution >= 4 is 16.1 Å². The summed E-state index contributed by atoms with van der Waals surface area (Å²) in [6.07, 6.45) is -0.0360. The van der Waals surface area contributed by atoms with Gasteiger partial charge in [0.15, 0.2) is 0 Å². The number of esters is 1. The Bertz CT molecular complexity index is 598. The third kappa shape index (κ3) is 5.08. The van der Waals surface area contributed by atoms with Gasteiger partial charge in [-0.1, -0.05) is 37.3 Å². The molecule has 1 saturated heterocycles. The van der Waals surface area contributed by atoms with Crippen LogP contribution >= 0.6 is 0 Å². The molecule has 6 nitrogen and oxygen atoms in total. The molecule has 0 N–H and O–H groups in total. The number of carbonyl (C=O) groups is 1. The molecule has 0 aliphatic carbocycles. The summed E-state index contributed by atoms with van der Waals surface area (Å²) in [6.45, 7) is 2.11. The molecule has 0 saturated carbocycles. The lowest BCUT2D eigenvalue weighted by Crippen LogP contribution is -2.35. The van der Waals surface area contributed by atoms with E-state index in [2.05, 4.69) is 0 Å². The van der Waals surface area contributed by atoms with Crippen molar-refractivity contribution in [1.82, 2.24) is 0 Å². The van der Waals surface area contributed by atoms with Gasteiger partial charge in [-0.3, -0.25) is 8.98 Å². The van der Waals surface area contributed by atoms with Gasteiger partial charge in [0.2, 0.25) is 0 Å². The summed E-state index contributed by atoms with van der Waals surface area (Å²) < 4.78 is 38.5. The summed E-state index contributed by atoms with van der Waals surface area (Å²) in [5.74, 6) is -0.597. The minimum atomic E-state index is -3.66. The van der Waals surface area contributed by atoms with Crippen molar-refractivity contribution in [2.24, 2.45) is 5.92 Å². The van der Waals surface area contributed by atoms with Crippen LogP contribution in [0.5, 0.6) is 0 Å². The van der Waals surface area contributed by atoms with Gasteiger partial charge in [-0.05, 0) is 5.56 Å². The van der Waals surface area contributed by atoms with Gasteiger partial charge in [-0.2, -0.15) is 8.42 Å². The molecule has 1 aliphatic rings. The Labute approximate surface area is 130 Å². The second-order valence-corrected chi connectivity index (χ2v) is 7.05. The number of hydrogen-bond acceptors (Lipinski definition) is 6. The van der Waals surface area contributed by atoms with Crippen molar-refractivity contribution in [1.29, 1.82) is 0 Å². The Morgan fingerprint density at radius 2 is 2.00 bits per heavy atom. The van der Waals surface area contributed by atoms with Crippen molar-refractivity contribution in [3.63, 3.8) is 0 Å². The molecule has 7 heteroatoms. The highest BCUT2D eigenvalue weighted by atomic mass is 32.2. The Morgan fingerprint density at radius 3 is 2.55 bits per heavy atom. The summed E-state index contributed by atoms with van der Waals surface area (Å²) in [5, 5.41) is 0. The van der Waals surface area contributed by atoms with Crippen molar-refractivity contribution < 1.29 is 26.9 Å². The number of cyclic esters (lactones) is 1. The van der Waals surface area contributed by atoms with Crippen LogP contribution in [-0.4, -0.2) is 39.5 Å². The second kappa shape index (κ2) is 7.21. The van der Waals surface area contributed by atoms with E-state index in [-0.39, 0.29) is 18.5 Å². The Balaban J connectivity index is 1.94. The minimum absolute atomic E-state index is 0.0344. The largest absolute Gasteiger partial charge is 0.459 e. The number of rotatable bonds is 7. The quantitative estimate of drug-likeness (QED) is 0.557. The molecule has 0 spiro atoms. The smallest absolute Gasteiger partial charge is 0.309 e. The van der Waals surface area contributed by atoms with Crippen LogP contribution in [0.15, 0.2) is 30.3 Å². The van der Waals surface area contributed by atoms with Crippen LogP contribution in [0.1, 0.15) is 18.9 Å². The van der Waals surface area contributed by atoms with E-state index in [9.17, 15) is 13.2 Å². The highest BCUT2D eigenvalue weighted by Crippen LogP contribution is 2.25. The van der Waals surface area contributed by atoms with Gasteiger partial charge in [0, 0.05) is 6.42 Å². The number of hydrogen-bond donors (Lipinski definition) is 0. The molecule has 0 bridgehead atoms. The first kappa shape index (κ1) is 16.9. The van der Waals surface area contributed by atoms with E-state index < -0.39 is 22.3 Å². The van der Waals surface area contributed by atoms with Gasteiger partial charge in [0.25, 0.3) is 10.1 Å². The van der Waals surface area contributed by atoms with Crippen LogP contribution < -0.4 is 0 Å². The molecule has 0 radical (unpaired) electrons. The SMILES string of the molecule is C[C@@H]1C[C@@H]([C@@H](COCc2ccccc2)OS(C)(=O)=O)OC1=O. The van der Waals surface area contributed by atoms with E-state index in [0.29, 0.717) is 13.0 Å². The molecule has 1 aromatic carbocycles. The van der Waals surface area contributed by atoms with Crippen LogP contribution in [0, 0.1) is 5.92 Å². The number of carbonyl (C=O) groups excluding carboxylic acids is 1. The Hall–Kier alpha value is -1.44. The Morgan fingerprint density at radius 1 is 1.32 bits per heavy atom. The van der Waals surface area contributed by atoms with E-state index in [1.165, 1.54) is 0 Å². The molecule has 2 rings (SSSR count). The maximum absolute atomic E-state index is 11.5. The highest BCUT2D eigenvalue weighted by molar-refractivity contribution is 7.86. The molecule has 122 valence electrons. The first-order valence-electron chi connectivity index (χ1n) is 7.05. The average Bonchev–Trinajstić information content (AvgIpc) is 2.77. The fourth-order valence-corrected chi connectivity index (χ4v) is 2.90. The molecule has 0 amide bonds. The third-order valence-electron chi connectivity index (χ3n) is 3.36. The molecule has 0 aromatic heterocycles. The zero-order valence-corrected chi connectivity index (χ0v) is 13.4. The predicted octanol–water partition coefficient (Wildman–Crippen LogP) is 1.50. The molecule has 1 aromatic rings. The zero-order chi connectivity index (χ0) is 16.2. The zero-order valence-electron chi connectivity index (χ0n) is 12.6. The fourth-order valence-electron chi connectivity index (χ4n) is 2.27. The van der Waals surface area contributed by atoms with E-state index in [0.717, 1.165) is 11.8 Å². The van der Waals surface area contributed by atoms with Gasteiger partial charge in [-0.15, -0.1) is 0 Å². The molecule has 1 aliphatic heterocycles. The topological polar surface area (TPSA) is 78.9 Å². The molecule has 22 heavy (non-hydrogen) atoms. The van der Waals surface area contributed by atoms with Crippen LogP contribution in [0.3, 0.4) is 0 Å². The van der Waals surface area contributed by atoms with Gasteiger partial charge < -0.3 is 9.47 Å². The first-order valence-corrected chi connectivity index (χ1v) is 8.87. The van der Waals surface area contributed by atoms with Crippen molar-refractivity contribution in [3.8, 4) is 0 Å². The molecule has 3 atom stereocenters. The van der Waals surface area contributed by atoms with Crippen LogP contribution in [-0.2, 0) is 35.2 Å². The molecule has 1 fully saturated rings. The lowest BCUT2D eigenvalue weighted by atomic mass is 10.0. The fraction of sp³-hybridized carbons (Fsp3) is 0.533. The summed E-state index contributed by atoms with van der Waals surface area (Å²) in [6, 6.07) is 9.50. The van der Waals surface area contributed by atoms with E-state index in [1.807, 2.05) is 30.3 Å². The summed E-state index contributed by atoms with van der Waals surface area (Å²) >= 11 is 0. The maximum atomic E-state index is 11.5. The summed E-state index contributed by atoms with van der Waals surface area (Å²) in [4.78, 5) is 11.5. The van der Waals surface area contributed by atoms with Gasteiger partial charge in [0.05, 0.1) is 25.4 Å². The van der Waals surface area contributed by atoms with Gasteiger partial charge >= 0.3 is 5.97 Å². The second-order valence-electron chi connectivity index (χ2n) is 5.45. The van der Waals surface area contributed by atoms with Crippen LogP contribution in [0.2, 0.25) is 0 Å². The lowest BCUT2D eigenvalue weighted by molar-refractivity contribution is -0.148. The minimum Gasteiger partial charge on any atom is -0.459 e. The van der Waals surface area contributed by atoms with Crippen molar-refractivity contribution in [3.05, 3.63) is 35.9 Å². The predicted molar refractivity (Wildman–Crippen MR) is 79.5 cm³/mol. The average molecular weight is 328 g/mol. The van der Waals surface area contributed by atoms with Crippen LogP contribution in [0.25, 0.3) is 0 Å². The number of ether oxygens (including phenoxy) is 2. The van der Waals surface area contributed by atoms with E-state index in [1.54, 1.807) is 6.92 Å².